The van der Waals surface area contributed by atoms with Gasteiger partial charge in [0.1, 0.15) is 6.54 Å². The first-order valence-electron chi connectivity index (χ1n) is 9.47. The molecule has 2 aromatic rings. The van der Waals surface area contributed by atoms with Gasteiger partial charge in [0.2, 0.25) is 5.91 Å². The maximum absolute atomic E-state index is 13.0. The lowest BCUT2D eigenvalue weighted by molar-refractivity contribution is -0.166. The Balaban J connectivity index is 1.51. The van der Waals surface area contributed by atoms with Gasteiger partial charge in [-0.1, -0.05) is 12.1 Å². The molecule has 0 aliphatic carbocycles. The number of benzene rings is 2. The molecule has 4 rings (SSSR count). The summed E-state index contributed by atoms with van der Waals surface area (Å²) in [5, 5.41) is 9.01. The first-order chi connectivity index (χ1) is 14.1. The number of fused-ring (bicyclic) bond motifs is 1. The lowest BCUT2D eigenvalue weighted by Crippen LogP contribution is -2.60. The Morgan fingerprint density at radius 1 is 1.27 bits per heavy atom. The van der Waals surface area contributed by atoms with Crippen LogP contribution in [0.2, 0.25) is 0 Å². The molecule has 0 saturated carbocycles. The van der Waals surface area contributed by atoms with E-state index in [1.165, 1.54) is 4.90 Å². The number of hydrogen-bond donors (Lipinski definition) is 3. The van der Waals surface area contributed by atoms with Crippen LogP contribution < -0.4 is 16.5 Å². The Morgan fingerprint density at radius 3 is 2.63 bits per heavy atom. The van der Waals surface area contributed by atoms with E-state index >= 15 is 0 Å². The molecular formula is C21H22F2N5O2+. The first-order valence-corrected chi connectivity index (χ1v) is 9.47. The molecular weight excluding hydrogens is 392 g/mol. The fourth-order valence-corrected chi connectivity index (χ4v) is 3.76. The zero-order chi connectivity index (χ0) is 21.6. The highest BCUT2D eigenvalue weighted by Crippen LogP contribution is 2.33. The van der Waals surface area contributed by atoms with Crippen LogP contribution in [-0.2, 0) is 11.3 Å². The second-order valence-corrected chi connectivity index (χ2v) is 7.72. The minimum Gasteiger partial charge on any atom is -0.398 e. The van der Waals surface area contributed by atoms with Gasteiger partial charge in [0, 0.05) is 24.8 Å². The lowest BCUT2D eigenvalue weighted by atomic mass is 10.1. The van der Waals surface area contributed by atoms with E-state index in [0.717, 1.165) is 16.0 Å². The maximum Gasteiger partial charge on any atom is 0.282 e. The van der Waals surface area contributed by atoms with Crippen LogP contribution in [0.25, 0.3) is 0 Å². The largest absolute Gasteiger partial charge is 0.398 e. The number of alkyl halides is 2. The minimum absolute atomic E-state index is 0.226. The highest BCUT2D eigenvalue weighted by Gasteiger charge is 2.46. The smallest absolute Gasteiger partial charge is 0.282 e. The third-order valence-corrected chi connectivity index (χ3v) is 5.29. The van der Waals surface area contributed by atoms with E-state index in [0.29, 0.717) is 28.3 Å². The molecule has 2 amide bonds. The van der Waals surface area contributed by atoms with Crippen molar-refractivity contribution < 1.29 is 23.8 Å². The molecule has 2 aliphatic rings. The number of amides is 2. The summed E-state index contributed by atoms with van der Waals surface area (Å²) in [4.78, 5) is 27.6. The monoisotopic (exact) mass is 414 g/mol. The number of likely N-dealkylation sites (tertiary alicyclic amines) is 1. The summed E-state index contributed by atoms with van der Waals surface area (Å²) < 4.78 is 26.0. The van der Waals surface area contributed by atoms with Crippen LogP contribution in [0, 0.1) is 0 Å². The van der Waals surface area contributed by atoms with Crippen LogP contribution >= 0.6 is 0 Å². The number of nitrogen functional groups attached to an aromatic ring is 1. The fourth-order valence-electron chi connectivity index (χ4n) is 3.76. The van der Waals surface area contributed by atoms with Crippen molar-refractivity contribution in [1.82, 2.24) is 9.80 Å². The number of nitrogens with two attached hydrogens (primary N) is 2. The number of halogens is 2. The molecule has 2 aliphatic heterocycles. The van der Waals surface area contributed by atoms with Crippen molar-refractivity contribution in [2.24, 2.45) is 0 Å². The van der Waals surface area contributed by atoms with Gasteiger partial charge < -0.3 is 20.9 Å². The van der Waals surface area contributed by atoms with E-state index in [4.69, 9.17) is 11.1 Å². The Bertz CT molecular complexity index is 1060. The van der Waals surface area contributed by atoms with Gasteiger partial charge in [0.15, 0.2) is 5.71 Å². The van der Waals surface area contributed by atoms with Crippen molar-refractivity contribution in [2.75, 3.05) is 30.7 Å². The number of carbonyl (C=O) groups is 2. The average molecular weight is 414 g/mol. The van der Waals surface area contributed by atoms with E-state index < -0.39 is 24.9 Å². The summed E-state index contributed by atoms with van der Waals surface area (Å²) >= 11 is 0. The van der Waals surface area contributed by atoms with Gasteiger partial charge in [0.25, 0.3) is 11.8 Å². The summed E-state index contributed by atoms with van der Waals surface area (Å²) in [5.74, 6) is -3.62. The highest BCUT2D eigenvalue weighted by molar-refractivity contribution is 6.05. The number of nitrogens with zero attached hydrogens (tertiary/aromatic N) is 2. The van der Waals surface area contributed by atoms with E-state index in [1.54, 1.807) is 25.1 Å². The van der Waals surface area contributed by atoms with Crippen LogP contribution in [-0.4, -0.2) is 52.9 Å². The van der Waals surface area contributed by atoms with Gasteiger partial charge >= 0.3 is 0 Å². The number of nitrogens with one attached hydrogen (secondary N) is 1. The second-order valence-electron chi connectivity index (χ2n) is 7.72. The standard InChI is InChI=1S/C21H21F2N5O2/c1-12(24)15-6-5-14(7-16(15)25)26-17-4-2-3-13-8-27(20(30)19(13)17)9-18(29)28-10-21(22,23)11-28/h2-7,24,26H,8-11,25H2,1H3/p+1. The Hall–Kier alpha value is -3.49. The topological polar surface area (TPSA) is 104 Å². The van der Waals surface area contributed by atoms with Gasteiger partial charge in [-0.05, 0) is 29.8 Å². The summed E-state index contributed by atoms with van der Waals surface area (Å²) in [6.45, 7) is 0.604. The number of carbonyl (C=O) groups excluding carboxylic acids is 2. The van der Waals surface area contributed by atoms with Gasteiger partial charge in [-0.25, -0.2) is 8.78 Å². The number of anilines is 3. The molecule has 1 saturated heterocycles. The van der Waals surface area contributed by atoms with Crippen molar-refractivity contribution in [2.45, 2.75) is 19.4 Å². The second kappa shape index (κ2) is 7.08. The van der Waals surface area contributed by atoms with E-state index in [9.17, 15) is 18.4 Å². The molecule has 9 heteroatoms. The van der Waals surface area contributed by atoms with Gasteiger partial charge in [-0.3, -0.25) is 15.0 Å². The van der Waals surface area contributed by atoms with Crippen LogP contribution in [0.3, 0.4) is 0 Å². The molecule has 30 heavy (non-hydrogen) atoms. The number of rotatable bonds is 5. The van der Waals surface area contributed by atoms with Crippen LogP contribution in [0.15, 0.2) is 36.4 Å². The fraction of sp³-hybridized carbons (Fsp3) is 0.286. The molecule has 7 nitrogen and oxygen atoms in total. The quantitative estimate of drug-likeness (QED) is 0.502. The Morgan fingerprint density at radius 2 is 2.00 bits per heavy atom. The van der Waals surface area contributed by atoms with Crippen molar-refractivity contribution >= 4 is 34.6 Å². The predicted octanol–water partition coefficient (Wildman–Crippen LogP) is 1.01. The minimum atomic E-state index is -2.83. The van der Waals surface area contributed by atoms with Gasteiger partial charge in [-0.2, -0.15) is 0 Å². The molecule has 0 bridgehead atoms. The zero-order valence-corrected chi connectivity index (χ0v) is 16.4. The molecule has 2 heterocycles. The molecule has 0 atom stereocenters. The first kappa shape index (κ1) is 19.8. The summed E-state index contributed by atoms with van der Waals surface area (Å²) in [5.41, 5.74) is 10.4. The Labute approximate surface area is 172 Å². The molecule has 0 radical (unpaired) electrons. The van der Waals surface area contributed by atoms with Gasteiger partial charge in [-0.15, -0.1) is 0 Å². The SMILES string of the molecule is CC(=[NH2+])c1ccc(Nc2cccc3c2C(=O)N(CC(=O)N2CC(F)(F)C2)C3)cc1N. The van der Waals surface area contributed by atoms with E-state index in [-0.39, 0.29) is 19.0 Å². The van der Waals surface area contributed by atoms with Crippen LogP contribution in [0.5, 0.6) is 0 Å². The predicted molar refractivity (Wildman–Crippen MR) is 109 cm³/mol. The van der Waals surface area contributed by atoms with E-state index in [2.05, 4.69) is 5.32 Å². The normalized spacial score (nSPS) is 16.8. The molecule has 5 N–H and O–H groups in total. The molecule has 1 fully saturated rings. The molecule has 156 valence electrons. The third-order valence-electron chi connectivity index (χ3n) is 5.29. The molecule has 0 spiro atoms. The van der Waals surface area contributed by atoms with Crippen LogP contribution in [0.4, 0.5) is 25.8 Å². The Kier molecular flexibility index (Phi) is 4.68. The summed E-state index contributed by atoms with van der Waals surface area (Å²) in [6, 6.07) is 10.7. The molecule has 2 aromatic carbocycles. The summed E-state index contributed by atoms with van der Waals surface area (Å²) in [6.07, 6.45) is 0. The lowest BCUT2D eigenvalue weighted by Gasteiger charge is -2.39. The zero-order valence-electron chi connectivity index (χ0n) is 16.4. The van der Waals surface area contributed by atoms with E-state index in [1.807, 2.05) is 18.2 Å². The number of hydrogen-bond acceptors (Lipinski definition) is 4. The highest BCUT2D eigenvalue weighted by atomic mass is 19.3. The maximum atomic E-state index is 13.0. The average Bonchev–Trinajstić information content (AvgIpc) is 2.96. The third kappa shape index (κ3) is 3.58. The molecule has 0 aromatic heterocycles. The van der Waals surface area contributed by atoms with Crippen molar-refractivity contribution in [3.05, 3.63) is 53.1 Å². The molecule has 0 unspecified atom stereocenters. The van der Waals surface area contributed by atoms with Gasteiger partial charge in [0.05, 0.1) is 29.9 Å². The van der Waals surface area contributed by atoms with Crippen molar-refractivity contribution in [3.8, 4) is 0 Å². The summed E-state index contributed by atoms with van der Waals surface area (Å²) in [7, 11) is 0. The van der Waals surface area contributed by atoms with Crippen molar-refractivity contribution in [3.63, 3.8) is 0 Å². The van der Waals surface area contributed by atoms with Crippen molar-refractivity contribution in [1.29, 1.82) is 0 Å². The van der Waals surface area contributed by atoms with Crippen LogP contribution in [0.1, 0.15) is 28.4 Å².